The van der Waals surface area contributed by atoms with Crippen molar-refractivity contribution >= 4 is 17.6 Å². The number of hydrogen-bond donors (Lipinski definition) is 3. The largest absolute Gasteiger partial charge is 0.480 e. The molecule has 0 unspecified atom stereocenters. The summed E-state index contributed by atoms with van der Waals surface area (Å²) in [5, 5.41) is 10.4. The Morgan fingerprint density at radius 2 is 2.13 bits per heavy atom. The molecule has 0 saturated heterocycles. The lowest BCUT2D eigenvalue weighted by Crippen LogP contribution is -2.29. The summed E-state index contributed by atoms with van der Waals surface area (Å²) < 4.78 is 12.8. The molecule has 1 rings (SSSR count). The fourth-order valence-corrected chi connectivity index (χ4v) is 0.976. The Morgan fingerprint density at radius 1 is 1.47 bits per heavy atom. The van der Waals surface area contributed by atoms with E-state index >= 15 is 0 Å². The molecule has 0 aliphatic carbocycles. The number of amides is 1. The molecular formula is C9H9FN2O3. The third kappa shape index (κ3) is 2.94. The van der Waals surface area contributed by atoms with Crippen LogP contribution in [0.5, 0.6) is 0 Å². The van der Waals surface area contributed by atoms with Crippen LogP contribution in [0.3, 0.4) is 0 Å². The quantitative estimate of drug-likeness (QED) is 0.623. The van der Waals surface area contributed by atoms with Gasteiger partial charge in [-0.25, -0.2) is 4.39 Å². The van der Waals surface area contributed by atoms with Gasteiger partial charge in [0.25, 0.3) is 5.91 Å². The summed E-state index contributed by atoms with van der Waals surface area (Å²) in [5.41, 5.74) is 5.45. The Labute approximate surface area is 84.7 Å². The van der Waals surface area contributed by atoms with Crippen LogP contribution in [-0.2, 0) is 4.79 Å². The molecule has 0 heterocycles. The van der Waals surface area contributed by atoms with Crippen LogP contribution < -0.4 is 11.1 Å². The second kappa shape index (κ2) is 4.41. The van der Waals surface area contributed by atoms with Crippen LogP contribution in [0, 0.1) is 5.82 Å². The van der Waals surface area contributed by atoms with Crippen molar-refractivity contribution in [2.24, 2.45) is 0 Å². The van der Waals surface area contributed by atoms with Crippen LogP contribution in [0.2, 0.25) is 0 Å². The third-order valence-corrected chi connectivity index (χ3v) is 1.66. The van der Waals surface area contributed by atoms with E-state index in [1.165, 1.54) is 6.07 Å². The summed E-state index contributed by atoms with van der Waals surface area (Å²) >= 11 is 0. The first-order valence-corrected chi connectivity index (χ1v) is 4.05. The van der Waals surface area contributed by atoms with Crippen molar-refractivity contribution in [3.8, 4) is 0 Å². The molecule has 0 aliphatic rings. The molecule has 0 saturated carbocycles. The zero-order valence-corrected chi connectivity index (χ0v) is 7.66. The topological polar surface area (TPSA) is 92.4 Å². The van der Waals surface area contributed by atoms with Gasteiger partial charge in [0.2, 0.25) is 0 Å². The van der Waals surface area contributed by atoms with Crippen molar-refractivity contribution in [3.63, 3.8) is 0 Å². The SMILES string of the molecule is Nc1ccc([18F])cc1C(=O)NCC(=O)O. The molecule has 0 spiro atoms. The molecule has 1 aromatic carbocycles. The van der Waals surface area contributed by atoms with Gasteiger partial charge in [0, 0.05) is 5.69 Å². The van der Waals surface area contributed by atoms with Crippen molar-refractivity contribution in [3.05, 3.63) is 29.6 Å². The fourth-order valence-electron chi connectivity index (χ4n) is 0.976. The summed E-state index contributed by atoms with van der Waals surface area (Å²) in [4.78, 5) is 21.5. The van der Waals surface area contributed by atoms with E-state index in [1.807, 2.05) is 0 Å². The summed E-state index contributed by atoms with van der Waals surface area (Å²) in [5.74, 6) is -2.50. The second-order valence-corrected chi connectivity index (χ2v) is 2.81. The number of nitrogen functional groups attached to an aromatic ring is 1. The second-order valence-electron chi connectivity index (χ2n) is 2.81. The van der Waals surface area contributed by atoms with Crippen molar-refractivity contribution < 1.29 is 19.1 Å². The lowest BCUT2D eigenvalue weighted by molar-refractivity contribution is -0.135. The van der Waals surface area contributed by atoms with Crippen molar-refractivity contribution in [2.45, 2.75) is 0 Å². The molecule has 0 radical (unpaired) electrons. The number of halogens is 1. The van der Waals surface area contributed by atoms with Crippen LogP contribution in [0.25, 0.3) is 0 Å². The standard InChI is InChI=1S/C9H9FN2O3/c10-5-1-2-7(11)6(3-5)9(15)12-4-8(13)14/h1-3H,4,11H2,(H,12,15)(H,13,14)/i10-1. The number of hydrogen-bond acceptors (Lipinski definition) is 3. The number of nitrogens with two attached hydrogens (primary N) is 1. The molecule has 1 aromatic rings. The number of carboxylic acids is 1. The Hall–Kier alpha value is -2.11. The number of carbonyl (C=O) groups is 2. The van der Waals surface area contributed by atoms with Crippen molar-refractivity contribution in [1.82, 2.24) is 5.32 Å². The van der Waals surface area contributed by atoms with E-state index in [9.17, 15) is 14.0 Å². The molecule has 0 atom stereocenters. The zero-order valence-electron chi connectivity index (χ0n) is 7.66. The van der Waals surface area contributed by atoms with Crippen LogP contribution in [0.1, 0.15) is 10.4 Å². The molecule has 0 bridgehead atoms. The normalized spacial score (nSPS) is 9.67. The lowest BCUT2D eigenvalue weighted by Gasteiger charge is -2.05. The van der Waals surface area contributed by atoms with E-state index in [0.717, 1.165) is 12.1 Å². The number of carbonyl (C=O) groups excluding carboxylic acids is 1. The van der Waals surface area contributed by atoms with Gasteiger partial charge in [-0.05, 0) is 18.2 Å². The first-order valence-electron chi connectivity index (χ1n) is 4.05. The van der Waals surface area contributed by atoms with Gasteiger partial charge in [0.1, 0.15) is 12.4 Å². The minimum absolute atomic E-state index is 0.0729. The Kier molecular flexibility index (Phi) is 3.22. The highest BCUT2D eigenvalue weighted by Crippen LogP contribution is 2.12. The Balaban J connectivity index is 2.81. The van der Waals surface area contributed by atoms with Gasteiger partial charge < -0.3 is 16.2 Å². The molecule has 4 N–H and O–H groups in total. The number of nitrogens with one attached hydrogen (secondary N) is 1. The predicted octanol–water partition coefficient (Wildman–Crippen LogP) is 0.222. The number of aliphatic carboxylic acids is 1. The number of benzene rings is 1. The van der Waals surface area contributed by atoms with Crippen LogP contribution in [0.15, 0.2) is 18.2 Å². The minimum atomic E-state index is -1.18. The summed E-state index contributed by atoms with van der Waals surface area (Å²) in [7, 11) is 0. The Morgan fingerprint density at radius 3 is 2.73 bits per heavy atom. The highest BCUT2D eigenvalue weighted by molar-refractivity contribution is 6.00. The van der Waals surface area contributed by atoms with E-state index in [-0.39, 0.29) is 11.3 Å². The van der Waals surface area contributed by atoms with Gasteiger partial charge in [-0.3, -0.25) is 9.59 Å². The molecular weight excluding hydrogens is 202 g/mol. The van der Waals surface area contributed by atoms with Gasteiger partial charge in [-0.1, -0.05) is 0 Å². The molecule has 6 heteroatoms. The first-order chi connectivity index (χ1) is 7.00. The van der Waals surface area contributed by atoms with Crippen LogP contribution in [-0.4, -0.2) is 23.5 Å². The molecule has 80 valence electrons. The van der Waals surface area contributed by atoms with Crippen molar-refractivity contribution in [2.75, 3.05) is 12.3 Å². The number of anilines is 1. The smallest absolute Gasteiger partial charge is 0.322 e. The van der Waals surface area contributed by atoms with Gasteiger partial charge in [0.15, 0.2) is 0 Å². The predicted molar refractivity (Wildman–Crippen MR) is 50.8 cm³/mol. The highest BCUT2D eigenvalue weighted by Gasteiger charge is 2.11. The average molecular weight is 211 g/mol. The molecule has 0 fully saturated rings. The first kappa shape index (κ1) is 11.0. The average Bonchev–Trinajstić information content (AvgIpc) is 2.18. The molecule has 0 aromatic heterocycles. The van der Waals surface area contributed by atoms with Gasteiger partial charge in [-0.2, -0.15) is 0 Å². The summed E-state index contributed by atoms with van der Waals surface area (Å²) in [6, 6.07) is 3.31. The number of carboxylic acid groups (broad SMARTS) is 1. The van der Waals surface area contributed by atoms with Crippen LogP contribution >= 0.6 is 0 Å². The van der Waals surface area contributed by atoms with E-state index in [4.69, 9.17) is 10.8 Å². The van der Waals surface area contributed by atoms with Gasteiger partial charge in [-0.15, -0.1) is 0 Å². The zero-order chi connectivity index (χ0) is 11.4. The van der Waals surface area contributed by atoms with E-state index < -0.39 is 24.2 Å². The van der Waals surface area contributed by atoms with Crippen LogP contribution in [0.4, 0.5) is 10.1 Å². The fraction of sp³-hybridized carbons (Fsp3) is 0.111. The van der Waals surface area contributed by atoms with E-state index in [1.54, 1.807) is 0 Å². The summed E-state index contributed by atoms with van der Waals surface area (Å²) in [6.45, 7) is -0.533. The molecule has 15 heavy (non-hydrogen) atoms. The maximum Gasteiger partial charge on any atom is 0.322 e. The molecule has 5 nitrogen and oxygen atoms in total. The van der Waals surface area contributed by atoms with E-state index in [2.05, 4.69) is 5.32 Å². The third-order valence-electron chi connectivity index (χ3n) is 1.66. The van der Waals surface area contributed by atoms with Gasteiger partial charge >= 0.3 is 5.97 Å². The minimum Gasteiger partial charge on any atom is -0.480 e. The lowest BCUT2D eigenvalue weighted by atomic mass is 10.1. The number of rotatable bonds is 3. The summed E-state index contributed by atoms with van der Waals surface area (Å²) in [6.07, 6.45) is 0. The maximum atomic E-state index is 12.8. The highest BCUT2D eigenvalue weighted by atomic mass is 18.2. The molecule has 1 amide bonds. The monoisotopic (exact) mass is 211 g/mol. The van der Waals surface area contributed by atoms with Crippen molar-refractivity contribution in [1.29, 1.82) is 0 Å². The van der Waals surface area contributed by atoms with E-state index in [0.29, 0.717) is 0 Å². The maximum absolute atomic E-state index is 12.8. The Bertz CT molecular complexity index is 406. The molecule has 0 aliphatic heterocycles. The van der Waals surface area contributed by atoms with Gasteiger partial charge in [0.05, 0.1) is 5.56 Å².